The van der Waals surface area contributed by atoms with Crippen molar-refractivity contribution in [1.29, 1.82) is 0 Å². The third kappa shape index (κ3) is 4.03. The standard InChI is InChI=1S/C13H19NO2/c1-10(11-7-5-4-6-8-11)12(15)16-9-13(2,3)14/h4-8,10H,9,14H2,1-3H3. The highest BCUT2D eigenvalue weighted by Crippen LogP contribution is 2.16. The molecule has 0 saturated heterocycles. The minimum Gasteiger partial charge on any atom is -0.463 e. The van der Waals surface area contributed by atoms with Gasteiger partial charge >= 0.3 is 5.97 Å². The number of carbonyl (C=O) groups excluding carboxylic acids is 1. The summed E-state index contributed by atoms with van der Waals surface area (Å²) in [6.07, 6.45) is 0. The van der Waals surface area contributed by atoms with Crippen LogP contribution in [0.25, 0.3) is 0 Å². The zero-order valence-electron chi connectivity index (χ0n) is 10.1. The average Bonchev–Trinajstić information content (AvgIpc) is 2.25. The number of hydrogen-bond donors (Lipinski definition) is 1. The summed E-state index contributed by atoms with van der Waals surface area (Å²) >= 11 is 0. The van der Waals surface area contributed by atoms with Gasteiger partial charge in [0.1, 0.15) is 6.61 Å². The van der Waals surface area contributed by atoms with Gasteiger partial charge in [-0.05, 0) is 26.3 Å². The summed E-state index contributed by atoms with van der Waals surface area (Å²) in [7, 11) is 0. The molecule has 0 bridgehead atoms. The molecule has 88 valence electrons. The van der Waals surface area contributed by atoms with Crippen LogP contribution in [0.1, 0.15) is 32.3 Å². The zero-order chi connectivity index (χ0) is 12.2. The second-order valence-corrected chi connectivity index (χ2v) is 4.73. The van der Waals surface area contributed by atoms with Crippen molar-refractivity contribution in [1.82, 2.24) is 0 Å². The third-order valence-corrected chi connectivity index (χ3v) is 2.24. The molecule has 0 heterocycles. The molecule has 1 rings (SSSR count). The number of hydrogen-bond acceptors (Lipinski definition) is 3. The zero-order valence-corrected chi connectivity index (χ0v) is 10.1. The highest BCUT2D eigenvalue weighted by Gasteiger charge is 2.19. The molecule has 1 unspecified atom stereocenters. The Morgan fingerprint density at radius 3 is 2.44 bits per heavy atom. The topological polar surface area (TPSA) is 52.3 Å². The number of nitrogens with two attached hydrogens (primary N) is 1. The molecule has 2 N–H and O–H groups in total. The number of carbonyl (C=O) groups is 1. The van der Waals surface area contributed by atoms with E-state index in [1.165, 1.54) is 0 Å². The molecule has 0 radical (unpaired) electrons. The van der Waals surface area contributed by atoms with E-state index in [1.807, 2.05) is 51.1 Å². The molecule has 0 aliphatic heterocycles. The number of benzene rings is 1. The first-order chi connectivity index (χ1) is 7.40. The summed E-state index contributed by atoms with van der Waals surface area (Å²) < 4.78 is 5.16. The Morgan fingerprint density at radius 2 is 1.94 bits per heavy atom. The fraction of sp³-hybridized carbons (Fsp3) is 0.462. The number of rotatable bonds is 4. The molecule has 0 amide bonds. The van der Waals surface area contributed by atoms with Crippen molar-refractivity contribution >= 4 is 5.97 Å². The van der Waals surface area contributed by atoms with Crippen molar-refractivity contribution < 1.29 is 9.53 Å². The molecule has 1 aromatic carbocycles. The highest BCUT2D eigenvalue weighted by molar-refractivity contribution is 5.77. The summed E-state index contributed by atoms with van der Waals surface area (Å²) in [5.74, 6) is -0.478. The van der Waals surface area contributed by atoms with Gasteiger partial charge in [0.25, 0.3) is 0 Å². The first-order valence-corrected chi connectivity index (χ1v) is 5.40. The minimum atomic E-state index is -0.480. The van der Waals surface area contributed by atoms with Crippen molar-refractivity contribution in [2.75, 3.05) is 6.61 Å². The molecule has 0 aromatic heterocycles. The van der Waals surface area contributed by atoms with Crippen LogP contribution in [-0.2, 0) is 9.53 Å². The van der Waals surface area contributed by atoms with Crippen LogP contribution in [-0.4, -0.2) is 18.1 Å². The van der Waals surface area contributed by atoms with Gasteiger partial charge in [-0.2, -0.15) is 0 Å². The van der Waals surface area contributed by atoms with Gasteiger partial charge in [0.15, 0.2) is 0 Å². The second-order valence-electron chi connectivity index (χ2n) is 4.73. The summed E-state index contributed by atoms with van der Waals surface area (Å²) in [5, 5.41) is 0. The third-order valence-electron chi connectivity index (χ3n) is 2.24. The first-order valence-electron chi connectivity index (χ1n) is 5.40. The van der Waals surface area contributed by atoms with Gasteiger partial charge in [-0.15, -0.1) is 0 Å². The molecular weight excluding hydrogens is 202 g/mol. The summed E-state index contributed by atoms with van der Waals surface area (Å²) in [6, 6.07) is 9.57. The maximum atomic E-state index is 11.7. The maximum Gasteiger partial charge on any atom is 0.313 e. The Bertz CT molecular complexity index is 341. The lowest BCUT2D eigenvalue weighted by molar-refractivity contribution is -0.146. The second kappa shape index (κ2) is 5.12. The number of esters is 1. The molecule has 16 heavy (non-hydrogen) atoms. The van der Waals surface area contributed by atoms with E-state index in [4.69, 9.17) is 10.5 Å². The smallest absolute Gasteiger partial charge is 0.313 e. The largest absolute Gasteiger partial charge is 0.463 e. The number of ether oxygens (including phenoxy) is 1. The Hall–Kier alpha value is -1.35. The molecule has 1 atom stereocenters. The lowest BCUT2D eigenvalue weighted by Crippen LogP contribution is -2.38. The lowest BCUT2D eigenvalue weighted by Gasteiger charge is -2.20. The van der Waals surface area contributed by atoms with Gasteiger partial charge in [-0.3, -0.25) is 4.79 Å². The summed E-state index contributed by atoms with van der Waals surface area (Å²) in [6.45, 7) is 5.73. The van der Waals surface area contributed by atoms with Crippen LogP contribution in [0.2, 0.25) is 0 Å². The monoisotopic (exact) mass is 221 g/mol. The summed E-state index contributed by atoms with van der Waals surface area (Å²) in [4.78, 5) is 11.7. The highest BCUT2D eigenvalue weighted by atomic mass is 16.5. The maximum absolute atomic E-state index is 11.7. The lowest BCUT2D eigenvalue weighted by atomic mass is 10.0. The van der Waals surface area contributed by atoms with E-state index in [2.05, 4.69) is 0 Å². The predicted octanol–water partition coefficient (Wildman–Crippen LogP) is 2.07. The van der Waals surface area contributed by atoms with E-state index < -0.39 is 5.54 Å². The molecule has 1 aromatic rings. The van der Waals surface area contributed by atoms with Crippen molar-refractivity contribution in [3.05, 3.63) is 35.9 Å². The van der Waals surface area contributed by atoms with Gasteiger partial charge in [-0.1, -0.05) is 30.3 Å². The molecule has 0 fully saturated rings. The fourth-order valence-corrected chi connectivity index (χ4v) is 1.26. The Balaban J connectivity index is 2.55. The minimum absolute atomic E-state index is 0.232. The molecule has 0 aliphatic carbocycles. The van der Waals surface area contributed by atoms with Gasteiger partial charge < -0.3 is 10.5 Å². The van der Waals surface area contributed by atoms with E-state index in [-0.39, 0.29) is 18.5 Å². The van der Waals surface area contributed by atoms with Crippen LogP contribution in [0.15, 0.2) is 30.3 Å². The van der Waals surface area contributed by atoms with E-state index in [0.717, 1.165) is 5.56 Å². The average molecular weight is 221 g/mol. The SMILES string of the molecule is CC(C(=O)OCC(C)(C)N)c1ccccc1. The van der Waals surface area contributed by atoms with E-state index >= 15 is 0 Å². The van der Waals surface area contributed by atoms with E-state index in [0.29, 0.717) is 0 Å². The van der Waals surface area contributed by atoms with Crippen molar-refractivity contribution in [2.45, 2.75) is 32.2 Å². The predicted molar refractivity (Wildman–Crippen MR) is 64.1 cm³/mol. The van der Waals surface area contributed by atoms with Crippen LogP contribution in [0.5, 0.6) is 0 Å². The van der Waals surface area contributed by atoms with Crippen molar-refractivity contribution in [3.63, 3.8) is 0 Å². The van der Waals surface area contributed by atoms with E-state index in [9.17, 15) is 4.79 Å². The van der Waals surface area contributed by atoms with E-state index in [1.54, 1.807) is 0 Å². The van der Waals surface area contributed by atoms with Crippen LogP contribution < -0.4 is 5.73 Å². The quantitative estimate of drug-likeness (QED) is 0.792. The summed E-state index contributed by atoms with van der Waals surface area (Å²) in [5.41, 5.74) is 6.23. The molecular formula is C13H19NO2. The fourth-order valence-electron chi connectivity index (χ4n) is 1.26. The van der Waals surface area contributed by atoms with Crippen molar-refractivity contribution in [3.8, 4) is 0 Å². The van der Waals surface area contributed by atoms with Crippen LogP contribution >= 0.6 is 0 Å². The molecule has 0 saturated carbocycles. The van der Waals surface area contributed by atoms with Gasteiger partial charge in [-0.25, -0.2) is 0 Å². The Kier molecular flexibility index (Phi) is 4.07. The Labute approximate surface area is 96.6 Å². The normalized spacial score (nSPS) is 13.2. The molecule has 0 aliphatic rings. The van der Waals surface area contributed by atoms with Gasteiger partial charge in [0.05, 0.1) is 5.92 Å². The van der Waals surface area contributed by atoms with Crippen LogP contribution in [0.4, 0.5) is 0 Å². The van der Waals surface area contributed by atoms with Gasteiger partial charge in [0, 0.05) is 5.54 Å². The van der Waals surface area contributed by atoms with Crippen molar-refractivity contribution in [2.24, 2.45) is 5.73 Å². The first kappa shape index (κ1) is 12.7. The molecule has 3 heteroatoms. The Morgan fingerprint density at radius 1 is 1.38 bits per heavy atom. The molecule has 0 spiro atoms. The molecule has 3 nitrogen and oxygen atoms in total. The van der Waals surface area contributed by atoms with Crippen LogP contribution in [0, 0.1) is 0 Å². The van der Waals surface area contributed by atoms with Gasteiger partial charge in [0.2, 0.25) is 0 Å². The van der Waals surface area contributed by atoms with Crippen LogP contribution in [0.3, 0.4) is 0 Å².